The number of anilines is 1. The van der Waals surface area contributed by atoms with Crippen LogP contribution in [0.1, 0.15) is 11.1 Å². The molecule has 5 nitrogen and oxygen atoms in total. The molecule has 0 amide bonds. The van der Waals surface area contributed by atoms with E-state index < -0.39 is 5.82 Å². The van der Waals surface area contributed by atoms with Gasteiger partial charge in [-0.1, -0.05) is 6.58 Å². The summed E-state index contributed by atoms with van der Waals surface area (Å²) in [5.74, 6) is 0.141. The van der Waals surface area contributed by atoms with Crippen LogP contribution >= 0.6 is 0 Å². The van der Waals surface area contributed by atoms with Gasteiger partial charge in [-0.15, -0.1) is 0 Å². The fourth-order valence-corrected chi connectivity index (χ4v) is 2.77. The largest absolute Gasteiger partial charge is 0.340 e. The van der Waals surface area contributed by atoms with Gasteiger partial charge in [-0.3, -0.25) is 4.98 Å². The van der Waals surface area contributed by atoms with Crippen LogP contribution < -0.4 is 5.32 Å². The predicted molar refractivity (Wildman–Crippen MR) is 107 cm³/mol. The second kappa shape index (κ2) is 7.25. The van der Waals surface area contributed by atoms with E-state index in [4.69, 9.17) is 5.26 Å². The fraction of sp³-hybridized carbons (Fsp3) is 0. The molecule has 3 heterocycles. The summed E-state index contributed by atoms with van der Waals surface area (Å²) in [5.41, 5.74) is 3.10. The van der Waals surface area contributed by atoms with Gasteiger partial charge in [-0.2, -0.15) is 5.26 Å². The minimum absolute atomic E-state index is 0.271. The molecule has 0 saturated heterocycles. The van der Waals surface area contributed by atoms with E-state index in [1.807, 2.05) is 30.3 Å². The van der Waals surface area contributed by atoms with Gasteiger partial charge in [0.15, 0.2) is 5.65 Å². The Balaban J connectivity index is 1.54. The average Bonchev–Trinajstić information content (AvgIpc) is 2.73. The van der Waals surface area contributed by atoms with Crippen molar-refractivity contribution in [2.75, 3.05) is 5.32 Å². The van der Waals surface area contributed by atoms with Gasteiger partial charge in [0.05, 0.1) is 17.3 Å². The number of fused-ring (bicyclic) bond motifs is 1. The predicted octanol–water partition coefficient (Wildman–Crippen LogP) is 4.79. The van der Waals surface area contributed by atoms with E-state index in [1.54, 1.807) is 36.7 Å². The van der Waals surface area contributed by atoms with E-state index in [9.17, 15) is 4.39 Å². The first-order valence-corrected chi connectivity index (χ1v) is 8.48. The van der Waals surface area contributed by atoms with Crippen LogP contribution in [0.2, 0.25) is 0 Å². The molecule has 0 aliphatic carbocycles. The highest BCUT2D eigenvalue weighted by atomic mass is 19.1. The zero-order valence-corrected chi connectivity index (χ0v) is 14.7. The number of benzene rings is 1. The molecule has 4 rings (SSSR count). The van der Waals surface area contributed by atoms with E-state index >= 15 is 0 Å². The van der Waals surface area contributed by atoms with Crippen LogP contribution in [0.3, 0.4) is 0 Å². The highest BCUT2D eigenvalue weighted by molar-refractivity contribution is 5.80. The minimum Gasteiger partial charge on any atom is -0.340 e. The number of nitrogens with one attached hydrogen (secondary N) is 1. The average molecular weight is 367 g/mol. The van der Waals surface area contributed by atoms with Gasteiger partial charge in [-0.05, 0) is 54.6 Å². The maximum absolute atomic E-state index is 14.2. The summed E-state index contributed by atoms with van der Waals surface area (Å²) in [4.78, 5) is 13.0. The third-order valence-electron chi connectivity index (χ3n) is 4.23. The number of hydrogen-bond donors (Lipinski definition) is 1. The normalized spacial score (nSPS) is 10.4. The molecule has 0 saturated carbocycles. The number of halogens is 1. The molecule has 3 aromatic heterocycles. The van der Waals surface area contributed by atoms with Crippen LogP contribution in [0.25, 0.3) is 28.0 Å². The quantitative estimate of drug-likeness (QED) is 0.561. The molecule has 134 valence electrons. The molecule has 6 heteroatoms. The van der Waals surface area contributed by atoms with Gasteiger partial charge in [-0.25, -0.2) is 14.4 Å². The Hall–Kier alpha value is -4.11. The SMILES string of the molecule is C=C(Nc1ccc2cccnc2n1)c1ccc(-c2ccc(C#N)cc2F)nc1. The second-order valence-electron chi connectivity index (χ2n) is 6.09. The molecule has 0 fully saturated rings. The van der Waals surface area contributed by atoms with E-state index in [0.29, 0.717) is 28.4 Å². The van der Waals surface area contributed by atoms with Crippen LogP contribution in [0.4, 0.5) is 10.2 Å². The summed E-state index contributed by atoms with van der Waals surface area (Å²) < 4.78 is 14.2. The lowest BCUT2D eigenvalue weighted by Gasteiger charge is -2.10. The zero-order valence-electron chi connectivity index (χ0n) is 14.7. The third-order valence-corrected chi connectivity index (χ3v) is 4.23. The Bertz CT molecular complexity index is 1230. The minimum atomic E-state index is -0.482. The number of rotatable bonds is 4. The van der Waals surface area contributed by atoms with Gasteiger partial charge < -0.3 is 5.32 Å². The molecule has 0 bridgehead atoms. The first-order valence-electron chi connectivity index (χ1n) is 8.48. The maximum Gasteiger partial charge on any atom is 0.161 e. The molecule has 0 radical (unpaired) electrons. The lowest BCUT2D eigenvalue weighted by molar-refractivity contribution is 0.630. The summed E-state index contributed by atoms with van der Waals surface area (Å²) >= 11 is 0. The molecular formula is C22H14FN5. The van der Waals surface area contributed by atoms with Crippen LogP contribution in [-0.2, 0) is 0 Å². The van der Waals surface area contributed by atoms with Gasteiger partial charge >= 0.3 is 0 Å². The van der Waals surface area contributed by atoms with Gasteiger partial charge in [0.2, 0.25) is 0 Å². The Morgan fingerprint density at radius 3 is 2.71 bits per heavy atom. The van der Waals surface area contributed by atoms with Crippen molar-refractivity contribution in [1.29, 1.82) is 5.26 Å². The van der Waals surface area contributed by atoms with Crippen LogP contribution in [-0.4, -0.2) is 15.0 Å². The molecule has 4 aromatic rings. The Kier molecular flexibility index (Phi) is 4.48. The number of aromatic nitrogens is 3. The smallest absolute Gasteiger partial charge is 0.161 e. The Morgan fingerprint density at radius 2 is 1.96 bits per heavy atom. The topological polar surface area (TPSA) is 74.5 Å². The molecule has 0 unspecified atom stereocenters. The zero-order chi connectivity index (χ0) is 19.5. The van der Waals surface area contributed by atoms with Crippen molar-refractivity contribution in [3.05, 3.63) is 90.5 Å². The summed E-state index contributed by atoms with van der Waals surface area (Å²) in [5, 5.41) is 12.9. The highest BCUT2D eigenvalue weighted by Gasteiger charge is 2.09. The van der Waals surface area contributed by atoms with Crippen LogP contribution in [0, 0.1) is 17.1 Å². The van der Waals surface area contributed by atoms with Crippen molar-refractivity contribution in [3.8, 4) is 17.3 Å². The molecule has 0 spiro atoms. The van der Waals surface area contributed by atoms with Crippen molar-refractivity contribution < 1.29 is 4.39 Å². The summed E-state index contributed by atoms with van der Waals surface area (Å²) in [6, 6.07) is 17.3. The van der Waals surface area contributed by atoms with Crippen molar-refractivity contribution >= 4 is 22.5 Å². The molecule has 0 atom stereocenters. The van der Waals surface area contributed by atoms with E-state index in [0.717, 1.165) is 10.9 Å². The molecule has 28 heavy (non-hydrogen) atoms. The van der Waals surface area contributed by atoms with Crippen molar-refractivity contribution in [3.63, 3.8) is 0 Å². The monoisotopic (exact) mass is 367 g/mol. The number of nitrogens with zero attached hydrogens (tertiary/aromatic N) is 4. The second-order valence-corrected chi connectivity index (χ2v) is 6.09. The highest BCUT2D eigenvalue weighted by Crippen LogP contribution is 2.24. The van der Waals surface area contributed by atoms with Crippen LogP contribution in [0.15, 0.2) is 73.6 Å². The number of pyridine rings is 3. The van der Waals surface area contributed by atoms with Gasteiger partial charge in [0, 0.05) is 34.6 Å². The lowest BCUT2D eigenvalue weighted by Crippen LogP contribution is -2.01. The molecule has 0 aliphatic rings. The summed E-state index contributed by atoms with van der Waals surface area (Å²) in [6.45, 7) is 4.02. The standard InChI is InChI=1S/C22H14FN5/c1-14(27-21-9-6-16-3-2-10-25-22(16)28-21)17-5-8-20(26-13-17)18-7-4-15(12-24)11-19(18)23/h2-11,13H,1H2,(H,25,27,28). The summed E-state index contributed by atoms with van der Waals surface area (Å²) in [7, 11) is 0. The first kappa shape index (κ1) is 17.3. The maximum atomic E-state index is 14.2. The lowest BCUT2D eigenvalue weighted by atomic mass is 10.1. The molecule has 0 aliphatic heterocycles. The van der Waals surface area contributed by atoms with Gasteiger partial charge in [0.25, 0.3) is 0 Å². The molecule has 1 aromatic carbocycles. The van der Waals surface area contributed by atoms with E-state index in [2.05, 4.69) is 26.8 Å². The van der Waals surface area contributed by atoms with E-state index in [-0.39, 0.29) is 5.56 Å². The van der Waals surface area contributed by atoms with Gasteiger partial charge in [0.1, 0.15) is 11.6 Å². The van der Waals surface area contributed by atoms with Crippen LogP contribution in [0.5, 0.6) is 0 Å². The molecule has 1 N–H and O–H groups in total. The van der Waals surface area contributed by atoms with Crippen molar-refractivity contribution in [1.82, 2.24) is 15.0 Å². The van der Waals surface area contributed by atoms with E-state index in [1.165, 1.54) is 6.07 Å². The number of hydrogen-bond acceptors (Lipinski definition) is 5. The molecular weight excluding hydrogens is 353 g/mol. The third kappa shape index (κ3) is 3.41. The Morgan fingerprint density at radius 1 is 1.07 bits per heavy atom. The Labute approximate surface area is 160 Å². The fourth-order valence-electron chi connectivity index (χ4n) is 2.77. The first-order chi connectivity index (χ1) is 13.6. The number of nitriles is 1. The van der Waals surface area contributed by atoms with Crippen molar-refractivity contribution in [2.24, 2.45) is 0 Å². The van der Waals surface area contributed by atoms with Crippen molar-refractivity contribution in [2.45, 2.75) is 0 Å². The summed E-state index contributed by atoms with van der Waals surface area (Å²) in [6.07, 6.45) is 3.31.